The van der Waals surface area contributed by atoms with Crippen LogP contribution in [0, 0.1) is 18.3 Å². The van der Waals surface area contributed by atoms with Gasteiger partial charge in [0.1, 0.15) is 15.6 Å². The summed E-state index contributed by atoms with van der Waals surface area (Å²) in [6, 6.07) is 4.40. The van der Waals surface area contributed by atoms with Gasteiger partial charge in [-0.05, 0) is 75.0 Å². The fourth-order valence-corrected chi connectivity index (χ4v) is 6.77. The summed E-state index contributed by atoms with van der Waals surface area (Å²) in [6.45, 7) is 3.83. The van der Waals surface area contributed by atoms with Crippen LogP contribution in [0.3, 0.4) is 0 Å². The molecule has 230 valence electrons. The number of rotatable bonds is 11. The number of carbonyl (C=O) groups is 1. The number of sulfone groups is 1. The molecule has 1 heterocycles. The van der Waals surface area contributed by atoms with Crippen LogP contribution in [0.2, 0.25) is 0 Å². The molecule has 0 saturated heterocycles. The minimum Gasteiger partial charge on any atom is -0.434 e. The molecule has 1 aromatic carbocycles. The van der Waals surface area contributed by atoms with Gasteiger partial charge in [0.05, 0.1) is 10.9 Å². The average Bonchev–Trinajstić information content (AvgIpc) is 3.16. The first-order valence-electron chi connectivity index (χ1n) is 13.6. The number of amides is 1. The van der Waals surface area contributed by atoms with Gasteiger partial charge >= 0.3 is 12.8 Å². The molecule has 0 radical (unpaired) electrons. The van der Waals surface area contributed by atoms with E-state index in [1.165, 1.54) is 36.9 Å². The average molecular weight is 608 g/mol. The molecule has 0 atom stereocenters. The van der Waals surface area contributed by atoms with Crippen LogP contribution in [-0.2, 0) is 22.8 Å². The van der Waals surface area contributed by atoms with Crippen molar-refractivity contribution in [1.82, 2.24) is 15.1 Å². The summed E-state index contributed by atoms with van der Waals surface area (Å²) < 4.78 is 95.8. The first-order valence-corrected chi connectivity index (χ1v) is 15.5. The van der Waals surface area contributed by atoms with Crippen molar-refractivity contribution in [2.75, 3.05) is 12.8 Å². The second-order valence-corrected chi connectivity index (χ2v) is 14.0. The molecule has 0 spiro atoms. The van der Waals surface area contributed by atoms with Crippen molar-refractivity contribution in [3.8, 4) is 17.0 Å². The third kappa shape index (κ3) is 8.89. The standard InChI is InChI=1S/C28H38F5N3O4S/c1-6-36-24(17(2)23(35-36)25(37)34-15-18-7-10-20(11-8-18)41(5,38)39)21-12-9-19(13-22(21)40-26(29)30)14-27(3,4)16-28(31,32)33/h9,12-13,18,20,26H,6-8,10-11,14-16H2,1-5H3,(H,34,37). The van der Waals surface area contributed by atoms with Crippen LogP contribution in [-0.4, -0.2) is 54.9 Å². The zero-order valence-electron chi connectivity index (χ0n) is 23.9. The van der Waals surface area contributed by atoms with Gasteiger partial charge in [-0.1, -0.05) is 19.9 Å². The smallest absolute Gasteiger partial charge is 0.389 e. The zero-order valence-corrected chi connectivity index (χ0v) is 24.8. The molecule has 1 aliphatic rings. The molecule has 1 aliphatic carbocycles. The minimum atomic E-state index is -4.37. The van der Waals surface area contributed by atoms with Crippen LogP contribution in [0.15, 0.2) is 18.2 Å². The predicted octanol–water partition coefficient (Wildman–Crippen LogP) is 6.33. The first kappa shape index (κ1) is 32.8. The van der Waals surface area contributed by atoms with Crippen molar-refractivity contribution in [2.24, 2.45) is 11.3 Å². The molecule has 1 saturated carbocycles. The highest BCUT2D eigenvalue weighted by molar-refractivity contribution is 7.91. The molecule has 0 unspecified atom stereocenters. The number of hydrogen-bond donors (Lipinski definition) is 1. The lowest BCUT2D eigenvalue weighted by atomic mass is 9.82. The highest BCUT2D eigenvalue weighted by Gasteiger charge is 2.37. The molecule has 13 heteroatoms. The van der Waals surface area contributed by atoms with Crippen molar-refractivity contribution in [2.45, 2.75) is 90.8 Å². The summed E-state index contributed by atoms with van der Waals surface area (Å²) in [5, 5.41) is 6.93. The first-order chi connectivity index (χ1) is 18.9. The van der Waals surface area contributed by atoms with Gasteiger partial charge in [0.2, 0.25) is 0 Å². The van der Waals surface area contributed by atoms with E-state index in [9.17, 15) is 35.2 Å². The van der Waals surface area contributed by atoms with Crippen molar-refractivity contribution >= 4 is 15.7 Å². The van der Waals surface area contributed by atoms with Gasteiger partial charge in [0.25, 0.3) is 5.91 Å². The van der Waals surface area contributed by atoms with Crippen molar-refractivity contribution in [3.05, 3.63) is 35.0 Å². The molecule has 0 aliphatic heterocycles. The normalized spacial score (nSPS) is 18.5. The third-order valence-corrected chi connectivity index (χ3v) is 9.22. The van der Waals surface area contributed by atoms with Gasteiger partial charge in [-0.15, -0.1) is 0 Å². The number of benzene rings is 1. The molecule has 1 N–H and O–H groups in total. The number of nitrogens with zero attached hydrogens (tertiary/aromatic N) is 2. The fourth-order valence-electron chi connectivity index (χ4n) is 5.65. The molecule has 2 aromatic rings. The molecule has 1 aromatic heterocycles. The highest BCUT2D eigenvalue weighted by Crippen LogP contribution is 2.39. The van der Waals surface area contributed by atoms with E-state index in [0.29, 0.717) is 55.6 Å². The van der Waals surface area contributed by atoms with Crippen molar-refractivity contribution in [1.29, 1.82) is 0 Å². The highest BCUT2D eigenvalue weighted by atomic mass is 32.2. The number of aromatic nitrogens is 2. The Labute approximate surface area is 237 Å². The van der Waals surface area contributed by atoms with E-state index in [0.717, 1.165) is 0 Å². The summed E-state index contributed by atoms with van der Waals surface area (Å²) in [6.07, 6.45) is -1.75. The van der Waals surface area contributed by atoms with E-state index in [2.05, 4.69) is 10.4 Å². The largest absolute Gasteiger partial charge is 0.434 e. The van der Waals surface area contributed by atoms with E-state index in [-0.39, 0.29) is 34.6 Å². The Balaban J connectivity index is 1.84. The van der Waals surface area contributed by atoms with Gasteiger partial charge in [-0.25, -0.2) is 8.42 Å². The van der Waals surface area contributed by atoms with Gasteiger partial charge in [0, 0.05) is 36.9 Å². The Morgan fingerprint density at radius 1 is 1.17 bits per heavy atom. The Morgan fingerprint density at radius 2 is 1.80 bits per heavy atom. The maximum atomic E-state index is 13.4. The number of hydrogen-bond acceptors (Lipinski definition) is 5. The Morgan fingerprint density at radius 3 is 2.34 bits per heavy atom. The summed E-state index contributed by atoms with van der Waals surface area (Å²) in [7, 11) is -3.09. The molecule has 41 heavy (non-hydrogen) atoms. The summed E-state index contributed by atoms with van der Waals surface area (Å²) in [4.78, 5) is 13.1. The second-order valence-electron chi connectivity index (χ2n) is 11.7. The number of carbonyl (C=O) groups excluding carboxylic acids is 1. The van der Waals surface area contributed by atoms with Gasteiger partial charge in [-0.2, -0.15) is 27.1 Å². The Kier molecular flexibility index (Phi) is 10.1. The minimum absolute atomic E-state index is 0.0157. The number of halogens is 5. The molecule has 3 rings (SSSR count). The van der Waals surface area contributed by atoms with E-state index in [1.54, 1.807) is 19.9 Å². The molecule has 7 nitrogen and oxygen atoms in total. The number of aryl methyl sites for hydroxylation is 1. The van der Waals surface area contributed by atoms with E-state index >= 15 is 0 Å². The summed E-state index contributed by atoms with van der Waals surface area (Å²) in [5.41, 5.74) is 0.427. The molecule has 0 bridgehead atoms. The van der Waals surface area contributed by atoms with Crippen LogP contribution in [0.4, 0.5) is 22.0 Å². The Hall–Kier alpha value is -2.70. The van der Waals surface area contributed by atoms with Gasteiger partial charge < -0.3 is 10.1 Å². The SMILES string of the molecule is CCn1nc(C(=O)NCC2CCC(S(C)(=O)=O)CC2)c(C)c1-c1ccc(CC(C)(C)CC(F)(F)F)cc1OC(F)F. The lowest BCUT2D eigenvalue weighted by Crippen LogP contribution is -2.34. The quantitative estimate of drug-likeness (QED) is 0.302. The van der Waals surface area contributed by atoms with Gasteiger partial charge in [-0.3, -0.25) is 9.48 Å². The maximum absolute atomic E-state index is 13.4. The van der Waals surface area contributed by atoms with E-state index < -0.39 is 40.4 Å². The fraction of sp³-hybridized carbons (Fsp3) is 0.643. The number of alkyl halides is 5. The van der Waals surface area contributed by atoms with Crippen LogP contribution in [0.5, 0.6) is 5.75 Å². The van der Waals surface area contributed by atoms with Crippen LogP contribution in [0.25, 0.3) is 11.3 Å². The molecule has 1 fully saturated rings. The lowest BCUT2D eigenvalue weighted by molar-refractivity contribution is -0.154. The zero-order chi connectivity index (χ0) is 30.8. The van der Waals surface area contributed by atoms with Gasteiger partial charge in [0.15, 0.2) is 5.69 Å². The second kappa shape index (κ2) is 12.7. The summed E-state index contributed by atoms with van der Waals surface area (Å²) in [5.74, 6) is -0.527. The van der Waals surface area contributed by atoms with E-state index in [1.807, 2.05) is 0 Å². The number of ether oxygens (including phenoxy) is 1. The monoisotopic (exact) mass is 607 g/mol. The van der Waals surface area contributed by atoms with Crippen LogP contribution >= 0.6 is 0 Å². The van der Waals surface area contributed by atoms with E-state index in [4.69, 9.17) is 4.74 Å². The molecular weight excluding hydrogens is 569 g/mol. The molecular formula is C28H38F5N3O4S. The predicted molar refractivity (Wildman–Crippen MR) is 146 cm³/mol. The van der Waals surface area contributed by atoms with Crippen LogP contribution in [0.1, 0.15) is 74.5 Å². The van der Waals surface area contributed by atoms with Crippen LogP contribution < -0.4 is 10.1 Å². The lowest BCUT2D eigenvalue weighted by Gasteiger charge is -2.27. The number of nitrogens with one attached hydrogen (secondary N) is 1. The molecule has 1 amide bonds. The third-order valence-electron chi connectivity index (χ3n) is 7.53. The summed E-state index contributed by atoms with van der Waals surface area (Å²) >= 11 is 0. The van der Waals surface area contributed by atoms with Crippen molar-refractivity contribution in [3.63, 3.8) is 0 Å². The topological polar surface area (TPSA) is 90.3 Å². The van der Waals surface area contributed by atoms with Crippen molar-refractivity contribution < 1.29 is 39.9 Å². The Bertz CT molecular complexity index is 1330. The maximum Gasteiger partial charge on any atom is 0.389 e.